The third kappa shape index (κ3) is 3.71. The first-order chi connectivity index (χ1) is 9.38. The number of hydrogen-bond acceptors (Lipinski definition) is 1. The van der Waals surface area contributed by atoms with Crippen LogP contribution in [0.25, 0.3) is 0 Å². The van der Waals surface area contributed by atoms with E-state index in [0.717, 1.165) is 10.9 Å². The highest BCUT2D eigenvalue weighted by Gasteiger charge is 2.20. The average Bonchev–Trinajstić information content (AvgIpc) is 2.37. The third-order valence-corrected chi connectivity index (χ3v) is 4.01. The summed E-state index contributed by atoms with van der Waals surface area (Å²) >= 11 is 3.51. The maximum Gasteiger partial charge on any atom is 0.0338 e. The Morgan fingerprint density at radius 3 is 2.40 bits per heavy atom. The predicted octanol–water partition coefficient (Wildman–Crippen LogP) is 4.99. The molecule has 1 nitrogen and oxygen atoms in total. The molecule has 0 heterocycles. The highest BCUT2D eigenvalue weighted by atomic mass is 79.9. The fourth-order valence-electron chi connectivity index (χ4n) is 2.53. The van der Waals surface area contributed by atoms with Gasteiger partial charge in [-0.15, -0.1) is 0 Å². The second-order valence-electron chi connectivity index (χ2n) is 6.28. The smallest absolute Gasteiger partial charge is 0.0338 e. The molecule has 2 heteroatoms. The SMILES string of the molecule is CC(C)(C)c1ccccc1C(N)Cc1cccc(Br)c1. The maximum absolute atomic E-state index is 6.46. The van der Waals surface area contributed by atoms with Crippen molar-refractivity contribution < 1.29 is 0 Å². The molecule has 0 aliphatic rings. The molecule has 2 rings (SSSR count). The van der Waals surface area contributed by atoms with Crippen LogP contribution in [-0.4, -0.2) is 0 Å². The molecule has 0 saturated heterocycles. The topological polar surface area (TPSA) is 26.0 Å². The minimum atomic E-state index is 0.0275. The fourth-order valence-corrected chi connectivity index (χ4v) is 2.98. The number of nitrogens with two attached hydrogens (primary N) is 1. The van der Waals surface area contributed by atoms with Crippen molar-refractivity contribution in [3.63, 3.8) is 0 Å². The van der Waals surface area contributed by atoms with Crippen molar-refractivity contribution in [3.05, 3.63) is 69.7 Å². The van der Waals surface area contributed by atoms with E-state index < -0.39 is 0 Å². The van der Waals surface area contributed by atoms with Crippen LogP contribution < -0.4 is 5.73 Å². The quantitative estimate of drug-likeness (QED) is 0.842. The lowest BCUT2D eigenvalue weighted by atomic mass is 9.81. The molecule has 0 aliphatic carbocycles. The largest absolute Gasteiger partial charge is 0.324 e. The summed E-state index contributed by atoms with van der Waals surface area (Å²) in [5.41, 5.74) is 10.4. The van der Waals surface area contributed by atoms with Crippen LogP contribution in [0.1, 0.15) is 43.5 Å². The molecule has 106 valence electrons. The van der Waals surface area contributed by atoms with Crippen LogP contribution in [0.2, 0.25) is 0 Å². The lowest BCUT2D eigenvalue weighted by Gasteiger charge is -2.26. The molecule has 2 aromatic carbocycles. The van der Waals surface area contributed by atoms with E-state index >= 15 is 0 Å². The van der Waals surface area contributed by atoms with Gasteiger partial charge in [0.15, 0.2) is 0 Å². The van der Waals surface area contributed by atoms with Gasteiger partial charge in [-0.25, -0.2) is 0 Å². The molecule has 0 saturated carbocycles. The molecular formula is C18H22BrN. The van der Waals surface area contributed by atoms with Crippen molar-refractivity contribution >= 4 is 15.9 Å². The Bertz CT molecular complexity index is 584. The minimum Gasteiger partial charge on any atom is -0.324 e. The Labute approximate surface area is 130 Å². The lowest BCUT2D eigenvalue weighted by Crippen LogP contribution is -2.21. The number of hydrogen-bond donors (Lipinski definition) is 1. The zero-order chi connectivity index (χ0) is 14.8. The number of benzene rings is 2. The van der Waals surface area contributed by atoms with E-state index in [9.17, 15) is 0 Å². The minimum absolute atomic E-state index is 0.0275. The second kappa shape index (κ2) is 6.11. The number of rotatable bonds is 3. The van der Waals surface area contributed by atoms with E-state index in [0.29, 0.717) is 0 Å². The van der Waals surface area contributed by atoms with Gasteiger partial charge in [0.2, 0.25) is 0 Å². The summed E-state index contributed by atoms with van der Waals surface area (Å²) in [5.74, 6) is 0. The average molecular weight is 332 g/mol. The Kier molecular flexibility index (Phi) is 4.66. The van der Waals surface area contributed by atoms with Gasteiger partial charge in [-0.3, -0.25) is 0 Å². The summed E-state index contributed by atoms with van der Waals surface area (Å²) in [6, 6.07) is 16.9. The van der Waals surface area contributed by atoms with Crippen molar-refractivity contribution in [3.8, 4) is 0 Å². The van der Waals surface area contributed by atoms with E-state index in [-0.39, 0.29) is 11.5 Å². The summed E-state index contributed by atoms with van der Waals surface area (Å²) < 4.78 is 1.10. The van der Waals surface area contributed by atoms with Gasteiger partial charge in [0.05, 0.1) is 0 Å². The van der Waals surface area contributed by atoms with Gasteiger partial charge in [-0.05, 0) is 40.7 Å². The van der Waals surface area contributed by atoms with Crippen LogP contribution in [0.15, 0.2) is 53.0 Å². The van der Waals surface area contributed by atoms with Crippen LogP contribution in [0.3, 0.4) is 0 Å². The molecular weight excluding hydrogens is 310 g/mol. The van der Waals surface area contributed by atoms with Crippen molar-refractivity contribution in [2.24, 2.45) is 5.73 Å². The predicted molar refractivity (Wildman–Crippen MR) is 89.9 cm³/mol. The normalized spacial score (nSPS) is 13.2. The lowest BCUT2D eigenvalue weighted by molar-refractivity contribution is 0.568. The summed E-state index contributed by atoms with van der Waals surface area (Å²) in [6.07, 6.45) is 0.854. The molecule has 1 unspecified atom stereocenters. The second-order valence-corrected chi connectivity index (χ2v) is 7.19. The first-order valence-electron chi connectivity index (χ1n) is 6.97. The van der Waals surface area contributed by atoms with Gasteiger partial charge in [0.1, 0.15) is 0 Å². The summed E-state index contributed by atoms with van der Waals surface area (Å²) in [5, 5.41) is 0. The van der Waals surface area contributed by atoms with Gasteiger partial charge in [0.25, 0.3) is 0 Å². The maximum atomic E-state index is 6.46. The first kappa shape index (κ1) is 15.3. The van der Waals surface area contributed by atoms with E-state index in [4.69, 9.17) is 5.73 Å². The van der Waals surface area contributed by atoms with E-state index in [1.54, 1.807) is 0 Å². The van der Waals surface area contributed by atoms with Crippen molar-refractivity contribution in [1.29, 1.82) is 0 Å². The van der Waals surface area contributed by atoms with Crippen LogP contribution >= 0.6 is 15.9 Å². The van der Waals surface area contributed by atoms with Crippen molar-refractivity contribution in [2.75, 3.05) is 0 Å². The molecule has 20 heavy (non-hydrogen) atoms. The molecule has 0 aromatic heterocycles. The van der Waals surface area contributed by atoms with Gasteiger partial charge >= 0.3 is 0 Å². The summed E-state index contributed by atoms with van der Waals surface area (Å²) in [4.78, 5) is 0. The molecule has 0 amide bonds. The summed E-state index contributed by atoms with van der Waals surface area (Å²) in [7, 11) is 0. The molecule has 0 aliphatic heterocycles. The van der Waals surface area contributed by atoms with Crippen LogP contribution in [0.5, 0.6) is 0 Å². The van der Waals surface area contributed by atoms with Gasteiger partial charge in [-0.1, -0.05) is 73.1 Å². The highest BCUT2D eigenvalue weighted by Crippen LogP contribution is 2.30. The molecule has 2 aromatic rings. The Morgan fingerprint density at radius 1 is 1.05 bits per heavy atom. The number of halogens is 1. The molecule has 0 bridgehead atoms. The molecule has 1 atom stereocenters. The first-order valence-corrected chi connectivity index (χ1v) is 7.76. The standard InChI is InChI=1S/C18H22BrN/c1-18(2,3)16-10-5-4-9-15(16)17(20)12-13-7-6-8-14(19)11-13/h4-11,17H,12,20H2,1-3H3. The molecule has 0 radical (unpaired) electrons. The van der Waals surface area contributed by atoms with Gasteiger partial charge < -0.3 is 5.73 Å². The monoisotopic (exact) mass is 331 g/mol. The Balaban J connectivity index is 2.28. The van der Waals surface area contributed by atoms with Crippen molar-refractivity contribution in [2.45, 2.75) is 38.6 Å². The molecule has 0 fully saturated rings. The van der Waals surface area contributed by atoms with Gasteiger partial charge in [-0.2, -0.15) is 0 Å². The highest BCUT2D eigenvalue weighted by molar-refractivity contribution is 9.10. The fraction of sp³-hybridized carbons (Fsp3) is 0.333. The zero-order valence-electron chi connectivity index (χ0n) is 12.4. The zero-order valence-corrected chi connectivity index (χ0v) is 13.9. The van der Waals surface area contributed by atoms with Crippen LogP contribution in [0, 0.1) is 0 Å². The van der Waals surface area contributed by atoms with E-state index in [1.165, 1.54) is 16.7 Å². The van der Waals surface area contributed by atoms with Crippen molar-refractivity contribution in [1.82, 2.24) is 0 Å². The third-order valence-electron chi connectivity index (χ3n) is 3.51. The van der Waals surface area contributed by atoms with Crippen LogP contribution in [-0.2, 0) is 11.8 Å². The Hall–Kier alpha value is -1.12. The summed E-state index contributed by atoms with van der Waals surface area (Å²) in [6.45, 7) is 6.70. The van der Waals surface area contributed by atoms with Crippen LogP contribution in [0.4, 0.5) is 0 Å². The molecule has 2 N–H and O–H groups in total. The Morgan fingerprint density at radius 2 is 1.75 bits per heavy atom. The van der Waals surface area contributed by atoms with Gasteiger partial charge in [0, 0.05) is 10.5 Å². The van der Waals surface area contributed by atoms with E-state index in [2.05, 4.69) is 79.2 Å². The van der Waals surface area contributed by atoms with E-state index in [1.807, 2.05) is 6.07 Å². The molecule has 0 spiro atoms.